The van der Waals surface area contributed by atoms with E-state index in [9.17, 15) is 0 Å². The van der Waals surface area contributed by atoms with Crippen molar-refractivity contribution in [2.75, 3.05) is 18.0 Å². The molecule has 1 aromatic heterocycles. The quantitative estimate of drug-likeness (QED) is 0.897. The molecule has 1 saturated carbocycles. The summed E-state index contributed by atoms with van der Waals surface area (Å²) in [6.45, 7) is 7.65. The maximum Gasteiger partial charge on any atom is 0.0562 e. The van der Waals surface area contributed by atoms with Gasteiger partial charge in [-0.15, -0.1) is 0 Å². The van der Waals surface area contributed by atoms with Gasteiger partial charge in [0.1, 0.15) is 0 Å². The molecule has 3 nitrogen and oxygen atoms in total. The molecule has 2 unspecified atom stereocenters. The highest BCUT2D eigenvalue weighted by molar-refractivity contribution is 5.49. The van der Waals surface area contributed by atoms with Gasteiger partial charge in [-0.05, 0) is 49.8 Å². The number of nitrogens with zero attached hydrogens (tertiary/aromatic N) is 2. The van der Waals surface area contributed by atoms with Crippen molar-refractivity contribution in [2.24, 2.45) is 11.8 Å². The number of aromatic nitrogens is 1. The van der Waals surface area contributed by atoms with E-state index in [0.29, 0.717) is 5.92 Å². The van der Waals surface area contributed by atoms with Crippen LogP contribution in [-0.4, -0.2) is 24.1 Å². The van der Waals surface area contributed by atoms with Crippen LogP contribution >= 0.6 is 0 Å². The number of hydrogen-bond acceptors (Lipinski definition) is 3. The molecule has 1 aliphatic carbocycles. The van der Waals surface area contributed by atoms with Gasteiger partial charge in [0.15, 0.2) is 0 Å². The van der Waals surface area contributed by atoms with Crippen LogP contribution in [0.2, 0.25) is 0 Å². The molecule has 0 amide bonds. The monoisotopic (exact) mass is 287 g/mol. The van der Waals surface area contributed by atoms with Crippen LogP contribution in [0.5, 0.6) is 0 Å². The zero-order chi connectivity index (χ0) is 14.7. The number of nitrogens with one attached hydrogen (secondary N) is 1. The van der Waals surface area contributed by atoms with Crippen LogP contribution < -0.4 is 10.2 Å². The number of pyridine rings is 1. The summed E-state index contributed by atoms with van der Waals surface area (Å²) in [5, 5.41) is 3.49. The first-order valence-electron chi connectivity index (χ1n) is 8.66. The molecule has 2 heterocycles. The fourth-order valence-electron chi connectivity index (χ4n) is 3.96. The van der Waals surface area contributed by atoms with E-state index in [2.05, 4.69) is 41.2 Å². The average molecular weight is 287 g/mol. The van der Waals surface area contributed by atoms with Gasteiger partial charge in [0, 0.05) is 31.0 Å². The largest absolute Gasteiger partial charge is 0.368 e. The fraction of sp³-hybridized carbons (Fsp3) is 0.722. The van der Waals surface area contributed by atoms with E-state index >= 15 is 0 Å². The predicted molar refractivity (Wildman–Crippen MR) is 88.5 cm³/mol. The highest BCUT2D eigenvalue weighted by Crippen LogP contribution is 2.38. The lowest BCUT2D eigenvalue weighted by Crippen LogP contribution is -2.34. The van der Waals surface area contributed by atoms with Gasteiger partial charge in [-0.2, -0.15) is 0 Å². The minimum atomic E-state index is 0.690. The third-order valence-corrected chi connectivity index (χ3v) is 5.00. The molecule has 1 saturated heterocycles. The van der Waals surface area contributed by atoms with Crippen LogP contribution in [-0.2, 0) is 6.54 Å². The maximum atomic E-state index is 4.52. The number of rotatable bonds is 5. The molecule has 0 spiro atoms. The van der Waals surface area contributed by atoms with Crippen molar-refractivity contribution in [3.8, 4) is 0 Å². The number of fused-ring (bicyclic) bond motifs is 1. The first kappa shape index (κ1) is 14.8. The van der Waals surface area contributed by atoms with Gasteiger partial charge in [-0.25, -0.2) is 0 Å². The Morgan fingerprint density at radius 2 is 2.14 bits per heavy atom. The summed E-state index contributed by atoms with van der Waals surface area (Å²) in [7, 11) is 0. The van der Waals surface area contributed by atoms with Crippen molar-refractivity contribution in [1.82, 2.24) is 10.3 Å². The van der Waals surface area contributed by atoms with E-state index < -0.39 is 0 Å². The first-order valence-corrected chi connectivity index (χ1v) is 8.66. The molecule has 21 heavy (non-hydrogen) atoms. The Hall–Kier alpha value is -1.09. The van der Waals surface area contributed by atoms with Gasteiger partial charge in [-0.3, -0.25) is 4.98 Å². The van der Waals surface area contributed by atoms with Gasteiger partial charge < -0.3 is 10.2 Å². The standard InChI is InChI=1S/C18H29N3/c1-14(2)12-19-13-16-11-17(7-9-20-16)21-10-8-15-5-3-4-6-18(15)21/h7,9,11,14-15,18-19H,3-6,8,10,12-13H2,1-2H3. The Balaban J connectivity index is 1.65. The van der Waals surface area contributed by atoms with Gasteiger partial charge >= 0.3 is 0 Å². The SMILES string of the molecule is CC(C)CNCc1cc(N2CCC3CCCCC32)ccn1. The predicted octanol–water partition coefficient (Wildman–Crippen LogP) is 3.60. The van der Waals surface area contributed by atoms with Gasteiger partial charge in [-0.1, -0.05) is 26.7 Å². The Morgan fingerprint density at radius 3 is 3.00 bits per heavy atom. The third kappa shape index (κ3) is 3.57. The maximum absolute atomic E-state index is 4.52. The summed E-state index contributed by atoms with van der Waals surface area (Å²) in [4.78, 5) is 7.17. The summed E-state index contributed by atoms with van der Waals surface area (Å²) in [6.07, 6.45) is 9.04. The number of anilines is 1. The molecule has 0 bridgehead atoms. The topological polar surface area (TPSA) is 28.2 Å². The van der Waals surface area contributed by atoms with E-state index in [1.807, 2.05) is 6.20 Å². The second-order valence-electron chi connectivity index (χ2n) is 7.12. The highest BCUT2D eigenvalue weighted by atomic mass is 15.2. The zero-order valence-electron chi connectivity index (χ0n) is 13.5. The average Bonchev–Trinajstić information content (AvgIpc) is 2.91. The van der Waals surface area contributed by atoms with Gasteiger partial charge in [0.05, 0.1) is 5.69 Å². The normalized spacial score (nSPS) is 25.4. The summed E-state index contributed by atoms with van der Waals surface area (Å²) in [5.74, 6) is 1.63. The second-order valence-corrected chi connectivity index (χ2v) is 7.12. The van der Waals surface area contributed by atoms with Crippen molar-refractivity contribution in [3.63, 3.8) is 0 Å². The molecule has 1 aliphatic heterocycles. The van der Waals surface area contributed by atoms with Gasteiger partial charge in [0.2, 0.25) is 0 Å². The molecule has 0 aromatic carbocycles. The lowest BCUT2D eigenvalue weighted by Gasteiger charge is -2.33. The molecule has 3 rings (SSSR count). The highest BCUT2D eigenvalue weighted by Gasteiger charge is 2.35. The Labute approximate surface area is 129 Å². The third-order valence-electron chi connectivity index (χ3n) is 5.00. The molecule has 0 radical (unpaired) electrons. The summed E-state index contributed by atoms with van der Waals surface area (Å²) >= 11 is 0. The minimum Gasteiger partial charge on any atom is -0.368 e. The molecular weight excluding hydrogens is 258 g/mol. The van der Waals surface area contributed by atoms with Crippen LogP contribution in [0, 0.1) is 11.8 Å². The molecular formula is C18H29N3. The summed E-state index contributed by atoms with van der Waals surface area (Å²) in [5.41, 5.74) is 2.56. The first-order chi connectivity index (χ1) is 10.2. The zero-order valence-corrected chi connectivity index (χ0v) is 13.5. The Bertz CT molecular complexity index is 458. The second kappa shape index (κ2) is 6.78. The lowest BCUT2D eigenvalue weighted by molar-refractivity contribution is 0.342. The van der Waals surface area contributed by atoms with Crippen molar-refractivity contribution in [3.05, 3.63) is 24.0 Å². The lowest BCUT2D eigenvalue weighted by atomic mass is 9.85. The van der Waals surface area contributed by atoms with E-state index in [1.54, 1.807) is 0 Å². The molecule has 3 heteroatoms. The molecule has 2 aliphatic rings. The van der Waals surface area contributed by atoms with Crippen LogP contribution in [0.3, 0.4) is 0 Å². The van der Waals surface area contributed by atoms with Crippen LogP contribution in [0.15, 0.2) is 18.3 Å². The van der Waals surface area contributed by atoms with Crippen molar-refractivity contribution in [2.45, 2.75) is 58.5 Å². The summed E-state index contributed by atoms with van der Waals surface area (Å²) < 4.78 is 0. The molecule has 2 atom stereocenters. The van der Waals surface area contributed by atoms with Crippen LogP contribution in [0.1, 0.15) is 51.6 Å². The smallest absolute Gasteiger partial charge is 0.0562 e. The fourth-order valence-corrected chi connectivity index (χ4v) is 3.96. The molecule has 1 aromatic rings. The van der Waals surface area contributed by atoms with Gasteiger partial charge in [0.25, 0.3) is 0 Å². The Morgan fingerprint density at radius 1 is 1.29 bits per heavy atom. The van der Waals surface area contributed by atoms with E-state index in [4.69, 9.17) is 0 Å². The summed E-state index contributed by atoms with van der Waals surface area (Å²) in [6, 6.07) is 5.28. The molecule has 1 N–H and O–H groups in total. The van der Waals surface area contributed by atoms with E-state index in [-0.39, 0.29) is 0 Å². The minimum absolute atomic E-state index is 0.690. The van der Waals surface area contributed by atoms with Crippen molar-refractivity contribution >= 4 is 5.69 Å². The van der Waals surface area contributed by atoms with E-state index in [0.717, 1.165) is 25.0 Å². The number of hydrogen-bond donors (Lipinski definition) is 1. The molecule has 2 fully saturated rings. The van der Waals surface area contributed by atoms with Crippen LogP contribution in [0.25, 0.3) is 0 Å². The van der Waals surface area contributed by atoms with Crippen molar-refractivity contribution < 1.29 is 0 Å². The molecule has 116 valence electrons. The van der Waals surface area contributed by atoms with Crippen molar-refractivity contribution in [1.29, 1.82) is 0 Å². The van der Waals surface area contributed by atoms with E-state index in [1.165, 1.54) is 50.0 Å². The Kier molecular flexibility index (Phi) is 4.79. The van der Waals surface area contributed by atoms with Crippen LogP contribution in [0.4, 0.5) is 5.69 Å².